The Morgan fingerprint density at radius 2 is 1.55 bits per heavy atom. The largest absolute Gasteiger partial charge is 0.363 e. The van der Waals surface area contributed by atoms with E-state index in [0.29, 0.717) is 0 Å². The van der Waals surface area contributed by atoms with Gasteiger partial charge in [-0.1, -0.05) is 60.7 Å². The first-order chi connectivity index (χ1) is 10.7. The van der Waals surface area contributed by atoms with Gasteiger partial charge < -0.3 is 5.32 Å². The van der Waals surface area contributed by atoms with Gasteiger partial charge in [-0.2, -0.15) is 0 Å². The van der Waals surface area contributed by atoms with Crippen LogP contribution in [0, 0.1) is 0 Å². The summed E-state index contributed by atoms with van der Waals surface area (Å²) in [5.41, 5.74) is 3.02. The molecule has 1 heterocycles. The number of anilines is 1. The second kappa shape index (κ2) is 6.58. The average molecular weight is 310 g/mol. The number of benzene rings is 2. The molecule has 0 aliphatic carbocycles. The van der Waals surface area contributed by atoms with E-state index < -0.39 is 0 Å². The van der Waals surface area contributed by atoms with Crippen molar-refractivity contribution in [2.75, 3.05) is 5.32 Å². The Hall–Kier alpha value is -2.39. The van der Waals surface area contributed by atoms with Crippen LogP contribution in [0.5, 0.6) is 0 Å². The van der Waals surface area contributed by atoms with Crippen LogP contribution in [-0.2, 0) is 0 Å². The van der Waals surface area contributed by atoms with Crippen molar-refractivity contribution in [3.63, 3.8) is 0 Å². The summed E-state index contributed by atoms with van der Waals surface area (Å²) in [6.45, 7) is 2.09. The van der Waals surface area contributed by atoms with Crippen LogP contribution in [0.3, 0.4) is 0 Å². The molecule has 0 saturated carbocycles. The molecule has 1 N–H and O–H groups in total. The summed E-state index contributed by atoms with van der Waals surface area (Å²) in [5.74, 6) is 0.718. The highest BCUT2D eigenvalue weighted by Gasteiger charge is 2.09. The minimum Gasteiger partial charge on any atom is -0.363 e. The highest BCUT2D eigenvalue weighted by molar-refractivity contribution is 6.28. The highest BCUT2D eigenvalue weighted by Crippen LogP contribution is 2.24. The number of halogens is 1. The number of rotatable bonds is 4. The summed E-state index contributed by atoms with van der Waals surface area (Å²) < 4.78 is 0. The Morgan fingerprint density at radius 1 is 0.909 bits per heavy atom. The van der Waals surface area contributed by atoms with Gasteiger partial charge in [0.05, 0.1) is 5.69 Å². The molecule has 3 aromatic rings. The number of hydrogen-bond acceptors (Lipinski definition) is 3. The zero-order valence-electron chi connectivity index (χ0n) is 12.2. The summed E-state index contributed by atoms with van der Waals surface area (Å²) in [4.78, 5) is 8.57. The molecule has 3 nitrogen and oxygen atoms in total. The van der Waals surface area contributed by atoms with Gasteiger partial charge in [0.25, 0.3) is 0 Å². The quantitative estimate of drug-likeness (QED) is 0.691. The lowest BCUT2D eigenvalue weighted by Crippen LogP contribution is -2.08. The first-order valence-electron chi connectivity index (χ1n) is 7.14. The molecular formula is C18H16ClN3. The van der Waals surface area contributed by atoms with Crippen LogP contribution in [-0.4, -0.2) is 9.97 Å². The van der Waals surface area contributed by atoms with Crippen molar-refractivity contribution in [3.8, 4) is 11.3 Å². The van der Waals surface area contributed by atoms with Crippen LogP contribution in [0.25, 0.3) is 11.3 Å². The fraction of sp³-hybridized carbons (Fsp3) is 0.111. The molecule has 3 rings (SSSR count). The smallest absolute Gasteiger partial charge is 0.224 e. The number of nitrogens with one attached hydrogen (secondary N) is 1. The zero-order chi connectivity index (χ0) is 15.4. The highest BCUT2D eigenvalue weighted by atomic mass is 35.5. The molecule has 4 heteroatoms. The Balaban J connectivity index is 1.87. The number of nitrogens with zero attached hydrogens (tertiary/aromatic N) is 2. The van der Waals surface area contributed by atoms with Crippen molar-refractivity contribution in [1.82, 2.24) is 9.97 Å². The standard InChI is InChI=1S/C18H16ClN3/c1-13(14-8-4-2-5-9-14)20-17-12-16(21-18(19)22-17)15-10-6-3-7-11-15/h2-13H,1H3,(H,20,21,22)/t13-/m0/s1. The van der Waals surface area contributed by atoms with E-state index in [0.717, 1.165) is 17.1 Å². The average Bonchev–Trinajstić information content (AvgIpc) is 2.56. The Kier molecular flexibility index (Phi) is 4.35. The number of hydrogen-bond donors (Lipinski definition) is 1. The first-order valence-corrected chi connectivity index (χ1v) is 7.51. The van der Waals surface area contributed by atoms with E-state index in [1.807, 2.05) is 54.6 Å². The molecule has 2 aromatic carbocycles. The van der Waals surface area contributed by atoms with E-state index in [1.165, 1.54) is 5.56 Å². The molecule has 110 valence electrons. The van der Waals surface area contributed by atoms with Gasteiger partial charge in [0, 0.05) is 17.7 Å². The fourth-order valence-corrected chi connectivity index (χ4v) is 2.48. The first kappa shape index (κ1) is 14.5. The minimum absolute atomic E-state index is 0.135. The van der Waals surface area contributed by atoms with E-state index in [9.17, 15) is 0 Å². The monoisotopic (exact) mass is 309 g/mol. The van der Waals surface area contributed by atoms with Gasteiger partial charge >= 0.3 is 0 Å². The van der Waals surface area contributed by atoms with Crippen molar-refractivity contribution in [3.05, 3.63) is 77.6 Å². The molecule has 0 spiro atoms. The molecule has 0 unspecified atom stereocenters. The van der Waals surface area contributed by atoms with Crippen LogP contribution in [0.2, 0.25) is 5.28 Å². The Morgan fingerprint density at radius 3 is 2.23 bits per heavy atom. The zero-order valence-corrected chi connectivity index (χ0v) is 13.0. The van der Waals surface area contributed by atoms with Crippen LogP contribution in [0.15, 0.2) is 66.7 Å². The summed E-state index contributed by atoms with van der Waals surface area (Å²) in [6.07, 6.45) is 0. The molecule has 0 fully saturated rings. The second-order valence-electron chi connectivity index (χ2n) is 5.05. The molecule has 22 heavy (non-hydrogen) atoms. The van der Waals surface area contributed by atoms with Crippen molar-refractivity contribution >= 4 is 17.4 Å². The lowest BCUT2D eigenvalue weighted by Gasteiger charge is -2.15. The van der Waals surface area contributed by atoms with E-state index in [1.54, 1.807) is 0 Å². The van der Waals surface area contributed by atoms with Crippen molar-refractivity contribution in [2.45, 2.75) is 13.0 Å². The van der Waals surface area contributed by atoms with Gasteiger partial charge in [-0.15, -0.1) is 0 Å². The van der Waals surface area contributed by atoms with E-state index in [-0.39, 0.29) is 11.3 Å². The van der Waals surface area contributed by atoms with E-state index in [4.69, 9.17) is 11.6 Å². The lowest BCUT2D eigenvalue weighted by atomic mass is 10.1. The maximum Gasteiger partial charge on any atom is 0.224 e. The van der Waals surface area contributed by atoms with Crippen LogP contribution in [0.1, 0.15) is 18.5 Å². The summed E-state index contributed by atoms with van der Waals surface area (Å²) >= 11 is 6.07. The molecular weight excluding hydrogens is 294 g/mol. The summed E-state index contributed by atoms with van der Waals surface area (Å²) in [5, 5.41) is 3.61. The minimum atomic E-state index is 0.135. The molecule has 0 amide bonds. The van der Waals surface area contributed by atoms with Gasteiger partial charge in [0.2, 0.25) is 5.28 Å². The molecule has 0 bridgehead atoms. The van der Waals surface area contributed by atoms with E-state index >= 15 is 0 Å². The predicted molar refractivity (Wildman–Crippen MR) is 91.0 cm³/mol. The lowest BCUT2D eigenvalue weighted by molar-refractivity contribution is 0.872. The molecule has 1 aromatic heterocycles. The maximum absolute atomic E-state index is 6.07. The third kappa shape index (κ3) is 3.43. The molecule has 0 radical (unpaired) electrons. The van der Waals surface area contributed by atoms with Gasteiger partial charge in [-0.3, -0.25) is 0 Å². The van der Waals surface area contributed by atoms with Gasteiger partial charge in [0.1, 0.15) is 5.82 Å². The number of aromatic nitrogens is 2. The van der Waals surface area contributed by atoms with Crippen LogP contribution >= 0.6 is 11.6 Å². The van der Waals surface area contributed by atoms with Crippen molar-refractivity contribution in [2.24, 2.45) is 0 Å². The van der Waals surface area contributed by atoms with Gasteiger partial charge in [-0.25, -0.2) is 9.97 Å². The Labute approximate surface area is 135 Å². The van der Waals surface area contributed by atoms with Crippen molar-refractivity contribution < 1.29 is 0 Å². The second-order valence-corrected chi connectivity index (χ2v) is 5.39. The third-order valence-corrected chi connectivity index (χ3v) is 3.60. The summed E-state index contributed by atoms with van der Waals surface area (Å²) in [7, 11) is 0. The molecule has 0 aliphatic heterocycles. The van der Waals surface area contributed by atoms with Gasteiger partial charge in [-0.05, 0) is 24.1 Å². The maximum atomic E-state index is 6.07. The van der Waals surface area contributed by atoms with Gasteiger partial charge in [0.15, 0.2) is 0 Å². The van der Waals surface area contributed by atoms with E-state index in [2.05, 4.69) is 34.3 Å². The normalized spacial score (nSPS) is 11.9. The topological polar surface area (TPSA) is 37.8 Å². The summed E-state index contributed by atoms with van der Waals surface area (Å²) in [6, 6.07) is 22.2. The third-order valence-electron chi connectivity index (χ3n) is 3.43. The molecule has 0 saturated heterocycles. The Bertz CT molecular complexity index is 745. The predicted octanol–water partition coefficient (Wildman–Crippen LogP) is 4.97. The van der Waals surface area contributed by atoms with Crippen molar-refractivity contribution in [1.29, 1.82) is 0 Å². The van der Waals surface area contributed by atoms with Crippen LogP contribution < -0.4 is 5.32 Å². The van der Waals surface area contributed by atoms with Crippen LogP contribution in [0.4, 0.5) is 5.82 Å². The molecule has 0 aliphatic rings. The molecule has 1 atom stereocenters. The SMILES string of the molecule is C[C@H](Nc1cc(-c2ccccc2)nc(Cl)n1)c1ccccc1. The fourth-order valence-electron chi connectivity index (χ4n) is 2.30.